The molecule has 2 N–H and O–H groups in total. The molecule has 2 heterocycles. The molecule has 2 rings (SSSR count). The molecule has 18 heavy (non-hydrogen) atoms. The third-order valence-corrected chi connectivity index (χ3v) is 4.71. The molecule has 10 heteroatoms. The quantitative estimate of drug-likeness (QED) is 0.520. The number of hydrogen-bond donors (Lipinski definition) is 1. The molecular weight excluding hydrogens is 294 g/mol. The lowest BCUT2D eigenvalue weighted by atomic mass is 10.4. The predicted octanol–water partition coefficient (Wildman–Crippen LogP) is 2.30. The topological polar surface area (TPSA) is 108 Å². The second-order valence-corrected chi connectivity index (χ2v) is 6.25. The Morgan fingerprint density at radius 2 is 2.11 bits per heavy atom. The highest BCUT2D eigenvalue weighted by molar-refractivity contribution is 8.02. The Morgan fingerprint density at radius 1 is 1.39 bits per heavy atom. The van der Waals surface area contributed by atoms with E-state index in [0.29, 0.717) is 5.03 Å². The number of aromatic nitrogens is 3. The Labute approximate surface area is 114 Å². The SMILES string of the molecule is CSc1nnc(Sc2ccc([N+](=O)[O-])c(N)n2)s1. The van der Waals surface area contributed by atoms with Gasteiger partial charge in [0, 0.05) is 6.07 Å². The molecule has 0 saturated carbocycles. The minimum atomic E-state index is -0.562. The Balaban J connectivity index is 2.19. The van der Waals surface area contributed by atoms with Crippen LogP contribution in [0.2, 0.25) is 0 Å². The third-order valence-electron chi connectivity index (χ3n) is 1.83. The van der Waals surface area contributed by atoms with Crippen LogP contribution in [-0.4, -0.2) is 26.4 Å². The molecule has 7 nitrogen and oxygen atoms in total. The largest absolute Gasteiger partial charge is 0.378 e. The number of nitrogens with two attached hydrogens (primary N) is 1. The van der Waals surface area contributed by atoms with E-state index in [1.54, 1.807) is 6.07 Å². The average Bonchev–Trinajstić information content (AvgIpc) is 2.76. The molecule has 0 amide bonds. The van der Waals surface area contributed by atoms with Crippen LogP contribution in [0.4, 0.5) is 11.5 Å². The summed E-state index contributed by atoms with van der Waals surface area (Å²) in [4.78, 5) is 14.0. The Hall–Kier alpha value is -1.39. The Morgan fingerprint density at radius 3 is 2.67 bits per heavy atom. The highest BCUT2D eigenvalue weighted by Crippen LogP contribution is 2.33. The van der Waals surface area contributed by atoms with Crippen LogP contribution in [0.3, 0.4) is 0 Å². The van der Waals surface area contributed by atoms with E-state index in [-0.39, 0.29) is 11.5 Å². The summed E-state index contributed by atoms with van der Waals surface area (Å²) >= 11 is 4.22. The lowest BCUT2D eigenvalue weighted by molar-refractivity contribution is -0.384. The smallest absolute Gasteiger partial charge is 0.311 e. The van der Waals surface area contributed by atoms with Crippen molar-refractivity contribution >= 4 is 46.4 Å². The number of pyridine rings is 1. The predicted molar refractivity (Wildman–Crippen MR) is 71.1 cm³/mol. The molecule has 0 aliphatic carbocycles. The molecule has 0 aromatic carbocycles. The average molecular weight is 301 g/mol. The lowest BCUT2D eigenvalue weighted by Gasteiger charge is -1.99. The maximum absolute atomic E-state index is 10.6. The summed E-state index contributed by atoms with van der Waals surface area (Å²) in [6, 6.07) is 2.88. The van der Waals surface area contributed by atoms with Gasteiger partial charge in [0.05, 0.1) is 4.92 Å². The molecule has 0 fully saturated rings. The van der Waals surface area contributed by atoms with Gasteiger partial charge in [-0.3, -0.25) is 10.1 Å². The Bertz CT molecular complexity index is 588. The van der Waals surface area contributed by atoms with E-state index in [9.17, 15) is 10.1 Å². The van der Waals surface area contributed by atoms with Crippen molar-refractivity contribution < 1.29 is 4.92 Å². The van der Waals surface area contributed by atoms with Gasteiger partial charge in [0.2, 0.25) is 5.82 Å². The van der Waals surface area contributed by atoms with Gasteiger partial charge >= 0.3 is 5.69 Å². The first-order valence-electron chi connectivity index (χ1n) is 4.56. The van der Waals surface area contributed by atoms with Crippen molar-refractivity contribution in [1.82, 2.24) is 15.2 Å². The highest BCUT2D eigenvalue weighted by Gasteiger charge is 2.14. The molecule has 0 radical (unpaired) electrons. The summed E-state index contributed by atoms with van der Waals surface area (Å²) < 4.78 is 1.58. The van der Waals surface area contributed by atoms with Gasteiger partial charge in [-0.15, -0.1) is 10.2 Å². The molecule has 0 aliphatic heterocycles. The van der Waals surface area contributed by atoms with E-state index in [2.05, 4.69) is 15.2 Å². The molecule has 0 bridgehead atoms. The van der Waals surface area contributed by atoms with E-state index < -0.39 is 4.92 Å². The zero-order chi connectivity index (χ0) is 13.1. The minimum Gasteiger partial charge on any atom is -0.378 e. The van der Waals surface area contributed by atoms with Crippen molar-refractivity contribution in [2.24, 2.45) is 0 Å². The van der Waals surface area contributed by atoms with E-state index in [1.165, 1.54) is 40.9 Å². The molecule has 0 aliphatic rings. The molecule has 0 spiro atoms. The van der Waals surface area contributed by atoms with Crippen molar-refractivity contribution in [2.75, 3.05) is 12.0 Å². The molecule has 2 aromatic rings. The second-order valence-electron chi connectivity index (χ2n) is 2.95. The van der Waals surface area contributed by atoms with E-state index >= 15 is 0 Å². The fraction of sp³-hybridized carbons (Fsp3) is 0.125. The van der Waals surface area contributed by atoms with Crippen molar-refractivity contribution in [1.29, 1.82) is 0 Å². The summed E-state index contributed by atoms with van der Waals surface area (Å²) in [7, 11) is 0. The number of thioether (sulfide) groups is 1. The van der Waals surface area contributed by atoms with E-state index in [4.69, 9.17) is 5.73 Å². The van der Waals surface area contributed by atoms with Crippen LogP contribution in [0, 0.1) is 10.1 Å². The third kappa shape index (κ3) is 2.89. The number of anilines is 1. The van der Waals surface area contributed by atoms with Crippen molar-refractivity contribution in [2.45, 2.75) is 13.7 Å². The number of nitrogen functional groups attached to an aromatic ring is 1. The van der Waals surface area contributed by atoms with Gasteiger partial charge in [-0.25, -0.2) is 4.98 Å². The van der Waals surface area contributed by atoms with Crippen molar-refractivity contribution in [3.8, 4) is 0 Å². The molecule has 0 saturated heterocycles. The molecule has 94 valence electrons. The van der Waals surface area contributed by atoms with Gasteiger partial charge in [-0.1, -0.05) is 23.1 Å². The minimum absolute atomic E-state index is 0.0976. The van der Waals surface area contributed by atoms with Crippen LogP contribution < -0.4 is 5.73 Å². The molecule has 2 aromatic heterocycles. The fourth-order valence-corrected chi connectivity index (χ4v) is 3.43. The summed E-state index contributed by atoms with van der Waals surface area (Å²) in [5.41, 5.74) is 5.31. The zero-order valence-corrected chi connectivity index (χ0v) is 11.5. The summed E-state index contributed by atoms with van der Waals surface area (Å²) in [5, 5.41) is 19.1. The number of nitrogens with zero attached hydrogens (tertiary/aromatic N) is 4. The normalized spacial score (nSPS) is 10.5. The van der Waals surface area contributed by atoms with Crippen LogP contribution in [0.5, 0.6) is 0 Å². The standard InChI is InChI=1S/C8H7N5O2S3/c1-16-7-11-12-8(18-7)17-5-3-2-4(13(14)15)6(9)10-5/h2-3H,1H3,(H2,9,10). The maximum atomic E-state index is 10.6. The second kappa shape index (κ2) is 5.50. The molecule has 0 unspecified atom stereocenters. The zero-order valence-electron chi connectivity index (χ0n) is 9.06. The van der Waals surface area contributed by atoms with Gasteiger partial charge in [0.1, 0.15) is 5.03 Å². The number of rotatable bonds is 4. The summed E-state index contributed by atoms with van der Waals surface area (Å²) in [5.74, 6) is -0.0976. The van der Waals surface area contributed by atoms with Gasteiger partial charge in [0.15, 0.2) is 8.68 Å². The fourth-order valence-electron chi connectivity index (χ4n) is 1.07. The van der Waals surface area contributed by atoms with E-state index in [1.807, 2.05) is 6.26 Å². The molecular formula is C8H7N5O2S3. The summed E-state index contributed by atoms with van der Waals surface area (Å²) in [6.45, 7) is 0. The number of nitro groups is 1. The van der Waals surface area contributed by atoms with Crippen molar-refractivity contribution in [3.05, 3.63) is 22.2 Å². The maximum Gasteiger partial charge on any atom is 0.311 e. The first kappa shape index (κ1) is 13.1. The molecule has 0 atom stereocenters. The van der Waals surface area contributed by atoms with Crippen LogP contribution >= 0.6 is 34.9 Å². The lowest BCUT2D eigenvalue weighted by Crippen LogP contribution is -1.98. The van der Waals surface area contributed by atoms with Gasteiger partial charge in [0.25, 0.3) is 0 Å². The first-order valence-corrected chi connectivity index (χ1v) is 7.42. The summed E-state index contributed by atoms with van der Waals surface area (Å²) in [6.07, 6.45) is 1.91. The van der Waals surface area contributed by atoms with Gasteiger partial charge < -0.3 is 5.73 Å². The van der Waals surface area contributed by atoms with E-state index in [0.717, 1.165) is 8.68 Å². The van der Waals surface area contributed by atoms with Crippen molar-refractivity contribution in [3.63, 3.8) is 0 Å². The van der Waals surface area contributed by atoms with Gasteiger partial charge in [-0.2, -0.15) is 0 Å². The number of hydrogen-bond acceptors (Lipinski definition) is 9. The van der Waals surface area contributed by atoms with Crippen LogP contribution in [0.1, 0.15) is 0 Å². The monoisotopic (exact) mass is 301 g/mol. The highest BCUT2D eigenvalue weighted by atomic mass is 32.2. The van der Waals surface area contributed by atoms with Crippen LogP contribution in [-0.2, 0) is 0 Å². The van der Waals surface area contributed by atoms with Crippen LogP contribution in [0.25, 0.3) is 0 Å². The van der Waals surface area contributed by atoms with Gasteiger partial charge in [-0.05, 0) is 24.1 Å². The first-order chi connectivity index (χ1) is 8.60. The Kier molecular flexibility index (Phi) is 3.99. The van der Waals surface area contributed by atoms with Crippen LogP contribution in [0.15, 0.2) is 25.8 Å².